The van der Waals surface area contributed by atoms with Crippen LogP contribution in [0, 0.1) is 0 Å². The zero-order valence-electron chi connectivity index (χ0n) is 29.0. The lowest BCUT2D eigenvalue weighted by molar-refractivity contribution is -0.0791. The molecule has 0 spiro atoms. The third-order valence-corrected chi connectivity index (χ3v) is 9.08. The Balaban J connectivity index is 1.65. The van der Waals surface area contributed by atoms with Gasteiger partial charge in [0.1, 0.15) is 11.5 Å². The van der Waals surface area contributed by atoms with E-state index in [0.717, 1.165) is 24.6 Å². The minimum atomic E-state index is -0.0888. The highest BCUT2D eigenvalue weighted by Crippen LogP contribution is 2.24. The maximum atomic E-state index is 6.39. The van der Waals surface area contributed by atoms with Crippen molar-refractivity contribution < 1.29 is 14.2 Å². The van der Waals surface area contributed by atoms with Crippen LogP contribution >= 0.6 is 0 Å². The molecule has 0 saturated carbocycles. The summed E-state index contributed by atoms with van der Waals surface area (Å²) >= 11 is 0. The van der Waals surface area contributed by atoms with E-state index >= 15 is 0 Å². The van der Waals surface area contributed by atoms with Crippen LogP contribution in [0.4, 0.5) is 0 Å². The van der Waals surface area contributed by atoms with Crippen LogP contribution in [0.25, 0.3) is 0 Å². The lowest BCUT2D eigenvalue weighted by Gasteiger charge is -2.33. The first-order valence-corrected chi connectivity index (χ1v) is 18.6. The van der Waals surface area contributed by atoms with E-state index in [1.807, 2.05) is 24.3 Å². The fourth-order valence-electron chi connectivity index (χ4n) is 6.05. The molecule has 2 rings (SSSR count). The monoisotopic (exact) mass is 603 g/mol. The van der Waals surface area contributed by atoms with Crippen LogP contribution in [-0.4, -0.2) is 62.7 Å². The topological polar surface area (TPSA) is 34.2 Å². The number of hydrogen-bond acceptors (Lipinski definition) is 5. The molecule has 0 fully saturated rings. The molecule has 43 heavy (non-hydrogen) atoms. The van der Waals surface area contributed by atoms with E-state index in [4.69, 9.17) is 14.2 Å². The van der Waals surface area contributed by atoms with Gasteiger partial charge in [-0.15, -0.1) is 0 Å². The highest BCUT2D eigenvalue weighted by atomic mass is 16.6. The standard InChI is InChI=1S/C38H70N2O3/c1-5-7-9-11-13-15-17-19-21-23-25-30-39(3)37-33-41-34-38(43-36-29-27-28-35(32-36)42-37)40(4)31-26-24-22-20-18-16-14-12-10-8-6-2/h27-29,32,37-38H,5-26,30-31,33-34H2,1-4H3. The van der Waals surface area contributed by atoms with Gasteiger partial charge in [-0.1, -0.05) is 148 Å². The first-order valence-electron chi connectivity index (χ1n) is 18.6. The number of unbranched alkanes of at least 4 members (excludes halogenated alkanes) is 20. The Morgan fingerprint density at radius 3 is 1.19 bits per heavy atom. The molecule has 1 aliphatic heterocycles. The predicted molar refractivity (Wildman–Crippen MR) is 184 cm³/mol. The van der Waals surface area contributed by atoms with Crippen molar-refractivity contribution in [3.05, 3.63) is 24.3 Å². The van der Waals surface area contributed by atoms with Crippen molar-refractivity contribution in [2.24, 2.45) is 0 Å². The third kappa shape index (κ3) is 19.0. The highest BCUT2D eigenvalue weighted by molar-refractivity contribution is 5.33. The molecule has 0 saturated heterocycles. The van der Waals surface area contributed by atoms with Crippen molar-refractivity contribution in [1.29, 1.82) is 0 Å². The van der Waals surface area contributed by atoms with Gasteiger partial charge in [0.05, 0.1) is 13.2 Å². The molecule has 5 nitrogen and oxygen atoms in total. The summed E-state index contributed by atoms with van der Waals surface area (Å²) < 4.78 is 19.0. The van der Waals surface area contributed by atoms with Gasteiger partial charge in [-0.05, 0) is 39.1 Å². The fraction of sp³-hybridized carbons (Fsp3) is 0.842. The average Bonchev–Trinajstić information content (AvgIpc) is 3.01. The Morgan fingerprint density at radius 2 is 0.837 bits per heavy atom. The molecule has 250 valence electrons. The van der Waals surface area contributed by atoms with E-state index in [1.54, 1.807) is 0 Å². The number of ether oxygens (including phenoxy) is 3. The molecule has 0 amide bonds. The van der Waals surface area contributed by atoms with E-state index in [-0.39, 0.29) is 12.5 Å². The average molecular weight is 603 g/mol. The van der Waals surface area contributed by atoms with Gasteiger partial charge in [0, 0.05) is 19.2 Å². The Kier molecular flexibility index (Phi) is 22.9. The summed E-state index contributed by atoms with van der Waals surface area (Å²) in [4.78, 5) is 4.65. The SMILES string of the molecule is CCCCCCCCCCCCCN(C)C1COCC(N(C)CCCCCCCCCCCCC)Oc2cccc(c2)O1. The smallest absolute Gasteiger partial charge is 0.175 e. The van der Waals surface area contributed by atoms with Gasteiger partial charge >= 0.3 is 0 Å². The molecular formula is C38H70N2O3. The Morgan fingerprint density at radius 1 is 0.512 bits per heavy atom. The fourth-order valence-corrected chi connectivity index (χ4v) is 6.05. The summed E-state index contributed by atoms with van der Waals surface area (Å²) in [5.74, 6) is 1.70. The minimum absolute atomic E-state index is 0.0888. The summed E-state index contributed by atoms with van der Waals surface area (Å²) in [7, 11) is 4.35. The van der Waals surface area contributed by atoms with Crippen LogP contribution in [0.3, 0.4) is 0 Å². The van der Waals surface area contributed by atoms with Crippen LogP contribution in [0.5, 0.6) is 11.5 Å². The van der Waals surface area contributed by atoms with Gasteiger partial charge in [0.25, 0.3) is 0 Å². The first-order chi connectivity index (χ1) is 21.1. The molecule has 5 heteroatoms. The third-order valence-electron chi connectivity index (χ3n) is 9.08. The van der Waals surface area contributed by atoms with Crippen molar-refractivity contribution >= 4 is 0 Å². The molecule has 2 unspecified atom stereocenters. The number of benzene rings is 1. The van der Waals surface area contributed by atoms with Gasteiger partial charge in [0.15, 0.2) is 12.5 Å². The summed E-state index contributed by atoms with van der Waals surface area (Å²) in [5.41, 5.74) is 0. The van der Waals surface area contributed by atoms with Gasteiger partial charge in [-0.3, -0.25) is 9.80 Å². The van der Waals surface area contributed by atoms with Crippen LogP contribution in [0.2, 0.25) is 0 Å². The molecule has 1 aromatic carbocycles. The van der Waals surface area contributed by atoms with Crippen LogP contribution < -0.4 is 9.47 Å². The summed E-state index contributed by atoms with van der Waals surface area (Å²) in [6.07, 6.45) is 29.9. The summed E-state index contributed by atoms with van der Waals surface area (Å²) in [6.45, 7) is 7.74. The maximum Gasteiger partial charge on any atom is 0.175 e. The molecule has 0 aliphatic carbocycles. The van der Waals surface area contributed by atoms with Crippen molar-refractivity contribution in [3.63, 3.8) is 0 Å². The lowest BCUT2D eigenvalue weighted by atomic mass is 10.1. The predicted octanol–water partition coefficient (Wildman–Crippen LogP) is 10.6. The molecule has 2 bridgehead atoms. The number of nitrogens with zero attached hydrogens (tertiary/aromatic N) is 2. The van der Waals surface area contributed by atoms with Crippen molar-refractivity contribution in [2.75, 3.05) is 40.4 Å². The van der Waals surface area contributed by atoms with E-state index < -0.39 is 0 Å². The first kappa shape index (κ1) is 37.9. The number of fused-ring (bicyclic) bond motifs is 2. The van der Waals surface area contributed by atoms with Gasteiger partial charge in [-0.2, -0.15) is 0 Å². The van der Waals surface area contributed by atoms with Gasteiger partial charge < -0.3 is 14.2 Å². The number of likely N-dealkylation sites (N-methyl/N-ethyl adjacent to an activating group) is 2. The van der Waals surface area contributed by atoms with Gasteiger partial charge in [0.2, 0.25) is 0 Å². The second-order valence-electron chi connectivity index (χ2n) is 13.2. The number of rotatable bonds is 26. The Hall–Kier alpha value is -1.30. The van der Waals surface area contributed by atoms with E-state index in [0.29, 0.717) is 13.2 Å². The van der Waals surface area contributed by atoms with Crippen LogP contribution in [-0.2, 0) is 4.74 Å². The molecule has 1 aliphatic rings. The Bertz CT molecular complexity index is 703. The molecule has 0 aromatic heterocycles. The molecule has 1 heterocycles. The molecule has 0 N–H and O–H groups in total. The highest BCUT2D eigenvalue weighted by Gasteiger charge is 2.23. The van der Waals surface area contributed by atoms with Crippen LogP contribution in [0.15, 0.2) is 24.3 Å². The van der Waals surface area contributed by atoms with Crippen LogP contribution in [0.1, 0.15) is 155 Å². The van der Waals surface area contributed by atoms with Crippen molar-refractivity contribution in [1.82, 2.24) is 9.80 Å². The minimum Gasteiger partial charge on any atom is -0.473 e. The molecule has 2 atom stereocenters. The normalized spacial score (nSPS) is 17.3. The van der Waals surface area contributed by atoms with E-state index in [1.165, 1.54) is 141 Å². The maximum absolute atomic E-state index is 6.39. The largest absolute Gasteiger partial charge is 0.473 e. The molecule has 0 radical (unpaired) electrons. The van der Waals surface area contributed by atoms with E-state index in [2.05, 4.69) is 37.7 Å². The zero-order chi connectivity index (χ0) is 30.8. The van der Waals surface area contributed by atoms with Crippen molar-refractivity contribution in [2.45, 2.75) is 168 Å². The lowest BCUT2D eigenvalue weighted by Crippen LogP contribution is -2.45. The summed E-state index contributed by atoms with van der Waals surface area (Å²) in [5, 5.41) is 0. The molecular weight excluding hydrogens is 532 g/mol. The number of hydrogen-bond donors (Lipinski definition) is 0. The second-order valence-corrected chi connectivity index (χ2v) is 13.2. The van der Waals surface area contributed by atoms with Gasteiger partial charge in [-0.25, -0.2) is 0 Å². The molecule has 1 aromatic rings. The zero-order valence-corrected chi connectivity index (χ0v) is 29.0. The van der Waals surface area contributed by atoms with Crippen molar-refractivity contribution in [3.8, 4) is 11.5 Å². The quantitative estimate of drug-likeness (QED) is 0.0985. The second kappa shape index (κ2) is 26.0. The summed E-state index contributed by atoms with van der Waals surface area (Å²) in [6, 6.07) is 8.13. The van der Waals surface area contributed by atoms with E-state index in [9.17, 15) is 0 Å². The Labute approximate surface area is 267 Å².